The molecular formula is C28H28ClNO6. The van der Waals surface area contributed by atoms with E-state index < -0.39 is 5.97 Å². The summed E-state index contributed by atoms with van der Waals surface area (Å²) in [5.74, 6) is -2.32. The van der Waals surface area contributed by atoms with Crippen LogP contribution in [0.4, 0.5) is 0 Å². The summed E-state index contributed by atoms with van der Waals surface area (Å²) < 4.78 is 5.57. The van der Waals surface area contributed by atoms with Gasteiger partial charge >= 0.3 is 5.97 Å². The van der Waals surface area contributed by atoms with Gasteiger partial charge in [-0.25, -0.2) is 0 Å². The molecule has 8 heteroatoms. The largest absolute Gasteiger partial charge is 0.436 e. The normalized spacial score (nSPS) is 15.4. The topological polar surface area (TPSA) is 107 Å². The van der Waals surface area contributed by atoms with Crippen molar-refractivity contribution in [2.24, 2.45) is 0 Å². The molecule has 3 N–H and O–H groups in total. The summed E-state index contributed by atoms with van der Waals surface area (Å²) in [5, 5.41) is 28.9. The SMILES string of the molecule is CO.O=Cc1cc(-c2cccc(C(O)(O)Oc3ccc4c(c3)CN(C3CCCC3)C4=O)c2)ccc1Cl. The van der Waals surface area contributed by atoms with Gasteiger partial charge in [0, 0.05) is 30.8 Å². The van der Waals surface area contributed by atoms with Gasteiger partial charge in [0.25, 0.3) is 5.91 Å². The molecular weight excluding hydrogens is 482 g/mol. The molecule has 0 saturated heterocycles. The van der Waals surface area contributed by atoms with Crippen LogP contribution in [0.5, 0.6) is 5.75 Å². The predicted molar refractivity (Wildman–Crippen MR) is 136 cm³/mol. The van der Waals surface area contributed by atoms with Crippen molar-refractivity contribution in [2.45, 2.75) is 44.2 Å². The number of aliphatic hydroxyl groups is 3. The van der Waals surface area contributed by atoms with Gasteiger partial charge in [0.2, 0.25) is 0 Å². The molecule has 7 nitrogen and oxygen atoms in total. The van der Waals surface area contributed by atoms with Gasteiger partial charge in [0.15, 0.2) is 6.29 Å². The van der Waals surface area contributed by atoms with E-state index in [0.717, 1.165) is 38.4 Å². The van der Waals surface area contributed by atoms with Crippen LogP contribution >= 0.6 is 11.6 Å². The Morgan fingerprint density at radius 1 is 1.00 bits per heavy atom. The minimum Gasteiger partial charge on any atom is -0.436 e. The number of nitrogens with zero attached hydrogens (tertiary/aromatic N) is 1. The number of carbonyl (C=O) groups is 2. The quantitative estimate of drug-likeness (QED) is 0.333. The Labute approximate surface area is 214 Å². The molecule has 1 fully saturated rings. The molecule has 188 valence electrons. The van der Waals surface area contributed by atoms with Gasteiger partial charge in [-0.05, 0) is 72.0 Å². The Kier molecular flexibility index (Phi) is 7.76. The molecule has 0 atom stereocenters. The first kappa shape index (κ1) is 25.9. The van der Waals surface area contributed by atoms with Gasteiger partial charge < -0.3 is 25.0 Å². The van der Waals surface area contributed by atoms with Crippen LogP contribution in [0.1, 0.15) is 57.5 Å². The molecule has 1 heterocycles. The van der Waals surface area contributed by atoms with E-state index >= 15 is 0 Å². The standard InChI is InChI=1S/C27H24ClNO5.CH4O/c28-25-11-8-18(12-20(25)16-30)17-4-3-5-21(13-17)27(32,33)34-23-9-10-24-19(14-23)15-29(26(24)31)22-6-1-2-7-22;1-2/h3-5,8-14,16,22,32-33H,1-2,6-7,15H2;2H,1H3. The van der Waals surface area contributed by atoms with Crippen molar-refractivity contribution in [3.05, 3.63) is 87.9 Å². The van der Waals surface area contributed by atoms with E-state index in [1.165, 1.54) is 0 Å². The van der Waals surface area contributed by atoms with Crippen molar-refractivity contribution in [1.29, 1.82) is 0 Å². The van der Waals surface area contributed by atoms with E-state index in [4.69, 9.17) is 21.4 Å². The van der Waals surface area contributed by atoms with E-state index in [9.17, 15) is 19.8 Å². The highest BCUT2D eigenvalue weighted by molar-refractivity contribution is 6.33. The van der Waals surface area contributed by atoms with E-state index in [-0.39, 0.29) is 23.3 Å². The van der Waals surface area contributed by atoms with Crippen molar-refractivity contribution in [2.75, 3.05) is 7.11 Å². The smallest absolute Gasteiger partial charge is 0.351 e. The van der Waals surface area contributed by atoms with Crippen molar-refractivity contribution in [3.63, 3.8) is 0 Å². The summed E-state index contributed by atoms with van der Waals surface area (Å²) in [4.78, 5) is 25.9. The Hall–Kier alpha value is -3.23. The van der Waals surface area contributed by atoms with Crippen LogP contribution in [0.25, 0.3) is 11.1 Å². The molecule has 1 aliphatic heterocycles. The third-order valence-electron chi connectivity index (χ3n) is 6.63. The van der Waals surface area contributed by atoms with Crippen LogP contribution in [0.3, 0.4) is 0 Å². The summed E-state index contributed by atoms with van der Waals surface area (Å²) in [6, 6.07) is 16.8. The molecule has 3 aromatic carbocycles. The average Bonchev–Trinajstić information content (AvgIpc) is 3.53. The van der Waals surface area contributed by atoms with Crippen LogP contribution in [0.15, 0.2) is 60.7 Å². The number of ether oxygens (including phenoxy) is 1. The lowest BCUT2D eigenvalue weighted by Gasteiger charge is -2.24. The van der Waals surface area contributed by atoms with Crippen LogP contribution < -0.4 is 4.74 Å². The summed E-state index contributed by atoms with van der Waals surface area (Å²) in [5.41, 5.74) is 3.29. The molecule has 3 aromatic rings. The minimum absolute atomic E-state index is 0.0260. The van der Waals surface area contributed by atoms with Gasteiger partial charge in [0.1, 0.15) is 5.75 Å². The van der Waals surface area contributed by atoms with Crippen LogP contribution in [-0.4, -0.2) is 45.6 Å². The van der Waals surface area contributed by atoms with Crippen molar-refractivity contribution in [3.8, 4) is 16.9 Å². The maximum absolute atomic E-state index is 12.8. The summed E-state index contributed by atoms with van der Waals surface area (Å²) in [6.45, 7) is 0.505. The molecule has 1 aliphatic carbocycles. The lowest BCUT2D eigenvalue weighted by Crippen LogP contribution is -2.33. The highest BCUT2D eigenvalue weighted by Gasteiger charge is 2.35. The number of halogens is 1. The number of aliphatic hydroxyl groups excluding tert-OH is 1. The molecule has 2 aliphatic rings. The highest BCUT2D eigenvalue weighted by atomic mass is 35.5. The number of hydrogen-bond acceptors (Lipinski definition) is 6. The van der Waals surface area contributed by atoms with Crippen molar-refractivity contribution < 1.29 is 29.6 Å². The fraction of sp³-hybridized carbons (Fsp3) is 0.286. The zero-order valence-corrected chi connectivity index (χ0v) is 20.6. The van der Waals surface area contributed by atoms with E-state index in [1.54, 1.807) is 60.7 Å². The fourth-order valence-electron chi connectivity index (χ4n) is 4.83. The Bertz CT molecular complexity index is 1270. The van der Waals surface area contributed by atoms with Gasteiger partial charge in [-0.3, -0.25) is 9.59 Å². The Balaban J connectivity index is 0.00000148. The second-order valence-electron chi connectivity index (χ2n) is 8.84. The predicted octanol–water partition coefficient (Wildman–Crippen LogP) is 4.50. The molecule has 0 aromatic heterocycles. The molecule has 1 amide bonds. The first-order valence-electron chi connectivity index (χ1n) is 11.7. The number of carbonyl (C=O) groups excluding carboxylic acids is 2. The third-order valence-corrected chi connectivity index (χ3v) is 6.97. The number of hydrogen-bond donors (Lipinski definition) is 3. The highest BCUT2D eigenvalue weighted by Crippen LogP contribution is 2.35. The van der Waals surface area contributed by atoms with Crippen molar-refractivity contribution >= 4 is 23.8 Å². The molecule has 0 radical (unpaired) electrons. The first-order valence-corrected chi connectivity index (χ1v) is 12.1. The molecule has 36 heavy (non-hydrogen) atoms. The molecule has 0 bridgehead atoms. The zero-order chi connectivity index (χ0) is 25.9. The number of aldehydes is 1. The van der Waals surface area contributed by atoms with E-state index in [0.29, 0.717) is 40.1 Å². The van der Waals surface area contributed by atoms with E-state index in [2.05, 4.69) is 0 Å². The maximum atomic E-state index is 12.8. The third kappa shape index (κ3) is 5.15. The number of fused-ring (bicyclic) bond motifs is 1. The number of benzene rings is 3. The summed E-state index contributed by atoms with van der Waals surface area (Å²) in [7, 11) is 1.00. The van der Waals surface area contributed by atoms with Crippen LogP contribution in [0, 0.1) is 0 Å². The number of rotatable bonds is 6. The van der Waals surface area contributed by atoms with Crippen molar-refractivity contribution in [1.82, 2.24) is 4.90 Å². The number of amides is 1. The Morgan fingerprint density at radius 2 is 1.72 bits per heavy atom. The summed E-state index contributed by atoms with van der Waals surface area (Å²) >= 11 is 6.02. The van der Waals surface area contributed by atoms with Gasteiger partial charge in [-0.2, -0.15) is 0 Å². The average molecular weight is 510 g/mol. The van der Waals surface area contributed by atoms with Gasteiger partial charge in [-0.15, -0.1) is 0 Å². The van der Waals surface area contributed by atoms with Crippen LogP contribution in [-0.2, 0) is 12.5 Å². The lowest BCUT2D eigenvalue weighted by molar-refractivity contribution is -0.304. The van der Waals surface area contributed by atoms with E-state index in [1.807, 2.05) is 4.90 Å². The Morgan fingerprint density at radius 3 is 2.44 bits per heavy atom. The lowest BCUT2D eigenvalue weighted by atomic mass is 10.0. The second-order valence-corrected chi connectivity index (χ2v) is 9.24. The van der Waals surface area contributed by atoms with Crippen LogP contribution in [0.2, 0.25) is 5.02 Å². The molecule has 0 unspecified atom stereocenters. The molecule has 0 spiro atoms. The second kappa shape index (κ2) is 10.8. The maximum Gasteiger partial charge on any atom is 0.351 e. The first-order chi connectivity index (χ1) is 17.4. The molecule has 1 saturated carbocycles. The minimum atomic E-state index is -2.60. The van der Waals surface area contributed by atoms with Gasteiger partial charge in [0.05, 0.1) is 10.6 Å². The monoisotopic (exact) mass is 509 g/mol. The molecule has 5 rings (SSSR count). The van der Waals surface area contributed by atoms with Gasteiger partial charge in [-0.1, -0.05) is 42.6 Å². The fourth-order valence-corrected chi connectivity index (χ4v) is 4.99. The zero-order valence-electron chi connectivity index (χ0n) is 19.9. The summed E-state index contributed by atoms with van der Waals surface area (Å²) in [6.07, 6.45) is 5.01.